The largest absolute Gasteiger partial charge is 0.497 e. The number of nitrogens with zero attached hydrogens (tertiary/aromatic N) is 4. The molecule has 0 aliphatic carbocycles. The lowest BCUT2D eigenvalue weighted by Gasteiger charge is -2.09. The third kappa shape index (κ3) is 3.19. The van der Waals surface area contributed by atoms with E-state index in [9.17, 15) is 10.1 Å². The Morgan fingerprint density at radius 2 is 1.93 bits per heavy atom. The first-order valence-corrected chi connectivity index (χ1v) is 9.24. The fourth-order valence-electron chi connectivity index (χ4n) is 2.98. The Balaban J connectivity index is 1.71. The molecule has 0 N–H and O–H groups in total. The van der Waals surface area contributed by atoms with Crippen LogP contribution in [0.15, 0.2) is 53.7 Å². The molecule has 0 saturated carbocycles. The Hall–Kier alpha value is -3.13. The van der Waals surface area contributed by atoms with Crippen LogP contribution in [0.2, 0.25) is 0 Å². The lowest BCUT2D eigenvalue weighted by Crippen LogP contribution is -1.95. The van der Waals surface area contributed by atoms with Crippen LogP contribution in [-0.2, 0) is 5.75 Å². The zero-order valence-corrected chi connectivity index (χ0v) is 15.6. The summed E-state index contributed by atoms with van der Waals surface area (Å²) in [4.78, 5) is 10.4. The number of nitro benzene ring substituents is 1. The molecule has 4 rings (SSSR count). The van der Waals surface area contributed by atoms with Crippen molar-refractivity contribution in [3.63, 3.8) is 0 Å². The summed E-state index contributed by atoms with van der Waals surface area (Å²) < 4.78 is 7.39. The van der Waals surface area contributed by atoms with Crippen molar-refractivity contribution in [1.29, 1.82) is 0 Å². The molecule has 2 aromatic carbocycles. The Kier molecular flexibility index (Phi) is 4.41. The van der Waals surface area contributed by atoms with E-state index in [-0.39, 0.29) is 5.69 Å². The summed E-state index contributed by atoms with van der Waals surface area (Å²) in [6, 6.07) is 14.5. The molecule has 0 amide bonds. The topological polar surface area (TPSA) is 82.6 Å². The van der Waals surface area contributed by atoms with Crippen LogP contribution in [0.25, 0.3) is 16.6 Å². The van der Waals surface area contributed by atoms with E-state index in [1.807, 2.05) is 35.6 Å². The third-order valence-electron chi connectivity index (χ3n) is 4.39. The number of rotatable bonds is 5. The minimum atomic E-state index is -0.398. The summed E-state index contributed by atoms with van der Waals surface area (Å²) in [7, 11) is 1.64. The van der Waals surface area contributed by atoms with E-state index < -0.39 is 4.92 Å². The maximum atomic E-state index is 10.8. The molecule has 0 unspecified atom stereocenters. The standard InChI is InChI=1S/C19H16N4O3S/c1-12-9-18-20-21-19(22(18)17-10-15(26-2)7-8-16(12)17)27-11-13-3-5-14(6-4-13)23(24)25/h3-10H,11H2,1-2H3. The van der Waals surface area contributed by atoms with Gasteiger partial charge < -0.3 is 4.74 Å². The predicted molar refractivity (Wildman–Crippen MR) is 104 cm³/mol. The summed E-state index contributed by atoms with van der Waals surface area (Å²) >= 11 is 1.54. The number of fused-ring (bicyclic) bond motifs is 3. The molecule has 136 valence electrons. The highest BCUT2D eigenvalue weighted by molar-refractivity contribution is 7.98. The van der Waals surface area contributed by atoms with Crippen molar-refractivity contribution in [3.05, 3.63) is 69.8 Å². The third-order valence-corrected chi connectivity index (χ3v) is 5.39. The summed E-state index contributed by atoms with van der Waals surface area (Å²) in [5.74, 6) is 1.41. The molecule has 0 saturated heterocycles. The number of hydrogen-bond donors (Lipinski definition) is 0. The van der Waals surface area contributed by atoms with E-state index in [4.69, 9.17) is 4.74 Å². The maximum absolute atomic E-state index is 10.8. The van der Waals surface area contributed by atoms with Crippen molar-refractivity contribution in [2.45, 2.75) is 17.8 Å². The van der Waals surface area contributed by atoms with Gasteiger partial charge in [0, 0.05) is 29.3 Å². The second-order valence-corrected chi connectivity index (χ2v) is 7.04. The van der Waals surface area contributed by atoms with Gasteiger partial charge in [0.15, 0.2) is 10.8 Å². The first-order chi connectivity index (χ1) is 13.1. The van der Waals surface area contributed by atoms with Crippen molar-refractivity contribution in [3.8, 4) is 5.75 Å². The minimum Gasteiger partial charge on any atom is -0.497 e. The van der Waals surface area contributed by atoms with Crippen LogP contribution >= 0.6 is 11.8 Å². The quantitative estimate of drug-likeness (QED) is 0.290. The van der Waals surface area contributed by atoms with Crippen molar-refractivity contribution in [2.24, 2.45) is 0 Å². The molecule has 8 heteroatoms. The molecule has 0 radical (unpaired) electrons. The van der Waals surface area contributed by atoms with Crippen LogP contribution in [0, 0.1) is 17.0 Å². The summed E-state index contributed by atoms with van der Waals surface area (Å²) in [6.45, 7) is 2.05. The summed E-state index contributed by atoms with van der Waals surface area (Å²) in [5.41, 5.74) is 3.96. The van der Waals surface area contributed by atoms with E-state index in [1.165, 1.54) is 23.9 Å². The number of nitro groups is 1. The van der Waals surface area contributed by atoms with Crippen LogP contribution in [0.4, 0.5) is 5.69 Å². The van der Waals surface area contributed by atoms with Gasteiger partial charge in [0.05, 0.1) is 17.5 Å². The molecular formula is C19H16N4O3S. The van der Waals surface area contributed by atoms with Crippen molar-refractivity contribution < 1.29 is 9.66 Å². The Morgan fingerprint density at radius 1 is 1.15 bits per heavy atom. The van der Waals surface area contributed by atoms with E-state index in [0.717, 1.165) is 38.6 Å². The van der Waals surface area contributed by atoms with Gasteiger partial charge >= 0.3 is 0 Å². The summed E-state index contributed by atoms with van der Waals surface area (Å²) in [5, 5.41) is 21.3. The van der Waals surface area contributed by atoms with Crippen LogP contribution in [-0.4, -0.2) is 26.6 Å². The van der Waals surface area contributed by atoms with Gasteiger partial charge in [-0.25, -0.2) is 0 Å². The molecule has 0 aliphatic rings. The Labute approximate surface area is 159 Å². The second kappa shape index (κ2) is 6.88. The summed E-state index contributed by atoms with van der Waals surface area (Å²) in [6.07, 6.45) is 0. The van der Waals surface area contributed by atoms with Gasteiger partial charge in [0.1, 0.15) is 5.75 Å². The van der Waals surface area contributed by atoms with Gasteiger partial charge in [-0.15, -0.1) is 10.2 Å². The van der Waals surface area contributed by atoms with Crippen molar-refractivity contribution in [2.75, 3.05) is 7.11 Å². The van der Waals surface area contributed by atoms with Gasteiger partial charge in [0.2, 0.25) is 0 Å². The lowest BCUT2D eigenvalue weighted by atomic mass is 10.1. The van der Waals surface area contributed by atoms with Gasteiger partial charge in [0.25, 0.3) is 5.69 Å². The second-order valence-electron chi connectivity index (χ2n) is 6.10. The van der Waals surface area contributed by atoms with Crippen LogP contribution in [0.3, 0.4) is 0 Å². The van der Waals surface area contributed by atoms with Crippen molar-refractivity contribution in [1.82, 2.24) is 14.6 Å². The Bertz CT molecular complexity index is 1160. The first kappa shape index (κ1) is 17.3. The Morgan fingerprint density at radius 3 is 2.63 bits per heavy atom. The average molecular weight is 380 g/mol. The van der Waals surface area contributed by atoms with Crippen molar-refractivity contribution >= 4 is 34.0 Å². The van der Waals surface area contributed by atoms with E-state index in [1.54, 1.807) is 19.2 Å². The monoisotopic (exact) mass is 380 g/mol. The molecule has 0 fully saturated rings. The molecule has 0 atom stereocenters. The number of ether oxygens (including phenoxy) is 1. The molecule has 0 bridgehead atoms. The number of non-ortho nitro benzene ring substituents is 1. The molecule has 4 aromatic rings. The number of benzene rings is 2. The molecule has 0 aliphatic heterocycles. The fourth-order valence-corrected chi connectivity index (χ4v) is 3.89. The van der Waals surface area contributed by atoms with Crippen LogP contribution < -0.4 is 4.74 Å². The van der Waals surface area contributed by atoms with Gasteiger partial charge in [-0.2, -0.15) is 0 Å². The number of hydrogen-bond acceptors (Lipinski definition) is 6. The molecule has 2 aromatic heterocycles. The number of aryl methyl sites for hydroxylation is 1. The number of methoxy groups -OCH3 is 1. The number of pyridine rings is 1. The van der Waals surface area contributed by atoms with Gasteiger partial charge in [-0.05, 0) is 36.2 Å². The zero-order chi connectivity index (χ0) is 19.0. The maximum Gasteiger partial charge on any atom is 0.269 e. The first-order valence-electron chi connectivity index (χ1n) is 8.25. The molecule has 27 heavy (non-hydrogen) atoms. The number of aromatic nitrogens is 3. The minimum absolute atomic E-state index is 0.0882. The fraction of sp³-hybridized carbons (Fsp3) is 0.158. The van der Waals surface area contributed by atoms with Crippen LogP contribution in [0.1, 0.15) is 11.1 Å². The highest BCUT2D eigenvalue weighted by Gasteiger charge is 2.13. The lowest BCUT2D eigenvalue weighted by molar-refractivity contribution is -0.384. The average Bonchev–Trinajstić information content (AvgIpc) is 3.09. The van der Waals surface area contributed by atoms with Gasteiger partial charge in [-0.1, -0.05) is 23.9 Å². The molecular weight excluding hydrogens is 364 g/mol. The van der Waals surface area contributed by atoms with E-state index in [2.05, 4.69) is 10.2 Å². The van der Waals surface area contributed by atoms with E-state index >= 15 is 0 Å². The predicted octanol–water partition coefficient (Wildman–Crippen LogP) is 4.40. The smallest absolute Gasteiger partial charge is 0.269 e. The molecule has 2 heterocycles. The van der Waals surface area contributed by atoms with Gasteiger partial charge in [-0.3, -0.25) is 14.5 Å². The SMILES string of the molecule is COc1ccc2c(C)cc3nnc(SCc4ccc([N+](=O)[O-])cc4)n3c2c1. The zero-order valence-electron chi connectivity index (χ0n) is 14.7. The van der Waals surface area contributed by atoms with E-state index in [0.29, 0.717) is 5.75 Å². The number of thioether (sulfide) groups is 1. The highest BCUT2D eigenvalue weighted by atomic mass is 32.2. The highest BCUT2D eigenvalue weighted by Crippen LogP contribution is 2.30. The van der Waals surface area contributed by atoms with Crippen LogP contribution in [0.5, 0.6) is 5.75 Å². The molecule has 7 nitrogen and oxygen atoms in total. The normalized spacial score (nSPS) is 11.2. The molecule has 0 spiro atoms.